The van der Waals surface area contributed by atoms with E-state index in [4.69, 9.17) is 0 Å². The number of aliphatic hydroxyl groups is 1. The lowest BCUT2D eigenvalue weighted by Crippen LogP contribution is -2.27. The third-order valence-electron chi connectivity index (χ3n) is 4.87. The van der Waals surface area contributed by atoms with E-state index in [-0.39, 0.29) is 5.78 Å². The summed E-state index contributed by atoms with van der Waals surface area (Å²) in [5, 5.41) is 10.1. The van der Waals surface area contributed by atoms with Crippen LogP contribution in [-0.2, 0) is 4.79 Å². The van der Waals surface area contributed by atoms with Gasteiger partial charge in [-0.15, -0.1) is 0 Å². The van der Waals surface area contributed by atoms with Gasteiger partial charge in [-0.2, -0.15) is 0 Å². The van der Waals surface area contributed by atoms with E-state index in [9.17, 15) is 9.90 Å². The van der Waals surface area contributed by atoms with Gasteiger partial charge in [0, 0.05) is 6.42 Å². The second-order valence-corrected chi connectivity index (χ2v) is 6.43. The summed E-state index contributed by atoms with van der Waals surface area (Å²) in [6.45, 7) is 0. The molecule has 0 aliphatic heterocycles. The topological polar surface area (TPSA) is 37.3 Å². The molecule has 0 spiro atoms. The summed E-state index contributed by atoms with van der Waals surface area (Å²) in [4.78, 5) is 12.0. The summed E-state index contributed by atoms with van der Waals surface area (Å²) in [7, 11) is 0. The normalized spacial score (nSPS) is 24.9. The van der Waals surface area contributed by atoms with Gasteiger partial charge in [-0.05, 0) is 18.3 Å². The highest BCUT2D eigenvalue weighted by atomic mass is 16.3. The number of hydrogen-bond acceptors (Lipinski definition) is 2. The molecule has 1 unspecified atom stereocenters. The molecule has 0 bridgehead atoms. The van der Waals surface area contributed by atoms with Gasteiger partial charge in [-0.3, -0.25) is 4.79 Å². The number of ketones is 1. The highest BCUT2D eigenvalue weighted by Gasteiger charge is 2.25. The van der Waals surface area contributed by atoms with Crippen molar-refractivity contribution < 1.29 is 9.90 Å². The van der Waals surface area contributed by atoms with Gasteiger partial charge in [0.2, 0.25) is 0 Å². The minimum absolute atomic E-state index is 0.118. The highest BCUT2D eigenvalue weighted by molar-refractivity contribution is 5.83. The van der Waals surface area contributed by atoms with Crippen LogP contribution in [0.1, 0.15) is 77.0 Å². The second-order valence-electron chi connectivity index (χ2n) is 6.43. The van der Waals surface area contributed by atoms with Gasteiger partial charge in [0.15, 0.2) is 5.78 Å². The van der Waals surface area contributed by atoms with Crippen molar-refractivity contribution in [3.05, 3.63) is 0 Å². The molecular weight excluding hydrogens is 224 g/mol. The zero-order valence-corrected chi connectivity index (χ0v) is 11.6. The van der Waals surface area contributed by atoms with E-state index < -0.39 is 6.10 Å². The molecule has 2 saturated carbocycles. The zero-order chi connectivity index (χ0) is 12.8. The van der Waals surface area contributed by atoms with Gasteiger partial charge in [0.25, 0.3) is 0 Å². The minimum atomic E-state index is -0.671. The Morgan fingerprint density at radius 3 is 1.94 bits per heavy atom. The fourth-order valence-corrected chi connectivity index (χ4v) is 3.68. The molecular formula is C16H28O2. The van der Waals surface area contributed by atoms with E-state index in [1.165, 1.54) is 64.2 Å². The van der Waals surface area contributed by atoms with Gasteiger partial charge >= 0.3 is 0 Å². The van der Waals surface area contributed by atoms with E-state index in [1.54, 1.807) is 0 Å². The number of rotatable bonds is 5. The molecule has 0 radical (unpaired) electrons. The fourth-order valence-electron chi connectivity index (χ4n) is 3.68. The number of hydrogen-bond donors (Lipinski definition) is 1. The average Bonchev–Trinajstić information content (AvgIpc) is 2.41. The van der Waals surface area contributed by atoms with E-state index in [0.717, 1.165) is 6.42 Å². The maximum atomic E-state index is 12.0. The largest absolute Gasteiger partial charge is 0.385 e. The molecule has 2 aliphatic carbocycles. The van der Waals surface area contributed by atoms with E-state index in [2.05, 4.69) is 0 Å². The lowest BCUT2D eigenvalue weighted by Gasteiger charge is -2.25. The molecule has 2 rings (SSSR count). The molecule has 104 valence electrons. The van der Waals surface area contributed by atoms with Gasteiger partial charge < -0.3 is 5.11 Å². The fraction of sp³-hybridized carbons (Fsp3) is 0.938. The molecule has 0 aromatic heterocycles. The van der Waals surface area contributed by atoms with Crippen LogP contribution in [0.5, 0.6) is 0 Å². The molecule has 2 nitrogen and oxygen atoms in total. The molecule has 0 aromatic carbocycles. The predicted octanol–water partition coefficient (Wildman–Crippen LogP) is 3.86. The van der Waals surface area contributed by atoms with Gasteiger partial charge in [-0.1, -0.05) is 64.2 Å². The van der Waals surface area contributed by atoms with Crippen molar-refractivity contribution in [3.63, 3.8) is 0 Å². The van der Waals surface area contributed by atoms with Gasteiger partial charge in [0.05, 0.1) is 0 Å². The van der Waals surface area contributed by atoms with Gasteiger partial charge in [-0.25, -0.2) is 0 Å². The first-order valence-electron chi connectivity index (χ1n) is 7.96. The van der Waals surface area contributed by atoms with Crippen LogP contribution in [0.4, 0.5) is 0 Å². The Balaban J connectivity index is 1.69. The molecule has 18 heavy (non-hydrogen) atoms. The Labute approximate surface area is 111 Å². The van der Waals surface area contributed by atoms with E-state index >= 15 is 0 Å². The van der Waals surface area contributed by atoms with Crippen LogP contribution < -0.4 is 0 Å². The van der Waals surface area contributed by atoms with E-state index in [0.29, 0.717) is 18.3 Å². The molecule has 0 heterocycles. The maximum absolute atomic E-state index is 12.0. The number of carbonyl (C=O) groups excluding carboxylic acids is 1. The molecule has 2 aliphatic rings. The quantitative estimate of drug-likeness (QED) is 0.806. The average molecular weight is 252 g/mol. The Morgan fingerprint density at radius 2 is 1.39 bits per heavy atom. The van der Waals surface area contributed by atoms with Crippen molar-refractivity contribution in [3.8, 4) is 0 Å². The number of Topliss-reactive ketones (excluding diaryl/α,β-unsaturated/α-hetero) is 1. The molecule has 0 saturated heterocycles. The van der Waals surface area contributed by atoms with Crippen molar-refractivity contribution in [2.75, 3.05) is 0 Å². The summed E-state index contributed by atoms with van der Waals surface area (Å²) < 4.78 is 0. The van der Waals surface area contributed by atoms with Crippen molar-refractivity contribution in [2.24, 2.45) is 11.8 Å². The van der Waals surface area contributed by atoms with Crippen molar-refractivity contribution >= 4 is 5.78 Å². The third-order valence-corrected chi connectivity index (χ3v) is 4.87. The van der Waals surface area contributed by atoms with Crippen LogP contribution in [-0.4, -0.2) is 17.0 Å². The lowest BCUT2D eigenvalue weighted by molar-refractivity contribution is -0.129. The summed E-state index contributed by atoms with van der Waals surface area (Å²) in [5.74, 6) is 1.28. The molecule has 2 fully saturated rings. The standard InChI is InChI=1S/C16H28O2/c17-15(11-13-7-3-1-4-8-13)16(18)12-14-9-5-2-6-10-14/h13-15,17H,1-12H2. The SMILES string of the molecule is O=C(CC1CCCCC1)C(O)CC1CCCCC1. The van der Waals surface area contributed by atoms with Gasteiger partial charge in [0.1, 0.15) is 6.10 Å². The summed E-state index contributed by atoms with van der Waals surface area (Å²) in [5.41, 5.74) is 0. The van der Waals surface area contributed by atoms with Crippen LogP contribution >= 0.6 is 0 Å². The zero-order valence-electron chi connectivity index (χ0n) is 11.6. The number of aliphatic hydroxyl groups excluding tert-OH is 1. The monoisotopic (exact) mass is 252 g/mol. The van der Waals surface area contributed by atoms with Crippen LogP contribution in [0.2, 0.25) is 0 Å². The lowest BCUT2D eigenvalue weighted by atomic mass is 9.81. The first kappa shape index (κ1) is 14.0. The van der Waals surface area contributed by atoms with Crippen molar-refractivity contribution in [2.45, 2.75) is 83.2 Å². The highest BCUT2D eigenvalue weighted by Crippen LogP contribution is 2.30. The van der Waals surface area contributed by atoms with Crippen molar-refractivity contribution in [1.29, 1.82) is 0 Å². The molecule has 2 heteroatoms. The van der Waals surface area contributed by atoms with Crippen LogP contribution in [0, 0.1) is 11.8 Å². The predicted molar refractivity (Wildman–Crippen MR) is 73.4 cm³/mol. The molecule has 1 N–H and O–H groups in total. The summed E-state index contributed by atoms with van der Waals surface area (Å²) >= 11 is 0. The molecule has 1 atom stereocenters. The maximum Gasteiger partial charge on any atom is 0.161 e. The Morgan fingerprint density at radius 1 is 0.889 bits per heavy atom. The second kappa shape index (κ2) is 7.28. The minimum Gasteiger partial charge on any atom is -0.385 e. The summed E-state index contributed by atoms with van der Waals surface area (Å²) in [6, 6.07) is 0. The van der Waals surface area contributed by atoms with Crippen LogP contribution in [0.3, 0.4) is 0 Å². The Bertz CT molecular complexity index is 250. The van der Waals surface area contributed by atoms with Crippen LogP contribution in [0.15, 0.2) is 0 Å². The van der Waals surface area contributed by atoms with Crippen molar-refractivity contribution in [1.82, 2.24) is 0 Å². The Kier molecular flexibility index (Phi) is 5.68. The first-order valence-corrected chi connectivity index (χ1v) is 7.96. The van der Waals surface area contributed by atoms with Crippen LogP contribution in [0.25, 0.3) is 0 Å². The molecule has 0 amide bonds. The third kappa shape index (κ3) is 4.38. The smallest absolute Gasteiger partial charge is 0.161 e. The number of carbonyl (C=O) groups is 1. The van der Waals surface area contributed by atoms with E-state index in [1.807, 2.05) is 0 Å². The molecule has 0 aromatic rings. The first-order chi connectivity index (χ1) is 8.75. The summed E-state index contributed by atoms with van der Waals surface area (Å²) in [6.07, 6.45) is 13.3. The Hall–Kier alpha value is -0.370.